The Morgan fingerprint density at radius 2 is 1.39 bits per heavy atom. The Bertz CT molecular complexity index is 1290. The second kappa shape index (κ2) is 13.3. The topological polar surface area (TPSA) is 61.8 Å². The fraction of sp³-hybridized carbons (Fsp3) is 0.394. The maximum atomic E-state index is 13.3. The van der Waals surface area contributed by atoms with Gasteiger partial charge >= 0.3 is 18.1 Å². The van der Waals surface area contributed by atoms with Crippen molar-refractivity contribution in [3.8, 4) is 16.9 Å². The maximum absolute atomic E-state index is 13.3. The number of hydrogen-bond donors (Lipinski definition) is 0. The van der Waals surface area contributed by atoms with Crippen LogP contribution in [0, 0.1) is 5.41 Å². The van der Waals surface area contributed by atoms with E-state index in [0.717, 1.165) is 43.6 Å². The summed E-state index contributed by atoms with van der Waals surface area (Å²) in [7, 11) is 0. The molecule has 3 aromatic carbocycles. The second-order valence-corrected chi connectivity index (χ2v) is 11.0. The van der Waals surface area contributed by atoms with Crippen LogP contribution in [0.5, 0.6) is 5.75 Å². The highest BCUT2D eigenvalue weighted by Gasteiger charge is 2.42. The molecule has 0 amide bonds. The van der Waals surface area contributed by atoms with E-state index in [2.05, 4.69) is 31.2 Å². The molecule has 0 aliphatic carbocycles. The van der Waals surface area contributed by atoms with E-state index in [1.807, 2.05) is 19.1 Å². The van der Waals surface area contributed by atoms with E-state index in [0.29, 0.717) is 18.4 Å². The van der Waals surface area contributed by atoms with E-state index in [1.165, 1.54) is 29.8 Å². The Labute approximate surface area is 238 Å². The van der Waals surface area contributed by atoms with Crippen LogP contribution >= 0.6 is 0 Å². The van der Waals surface area contributed by atoms with E-state index < -0.39 is 24.2 Å². The first kappa shape index (κ1) is 30.3. The predicted octanol–water partition coefficient (Wildman–Crippen LogP) is 8.21. The SMILES string of the molecule is CCCCCCC(OC(=O)c1ccc(OC(=O)c2ccc(-c3ccc(CC4(C)COC4)cc3)cc2)cc1)C(F)(F)F. The van der Waals surface area contributed by atoms with Crippen LogP contribution in [-0.2, 0) is 15.9 Å². The lowest BCUT2D eigenvalue weighted by Crippen LogP contribution is -2.41. The lowest BCUT2D eigenvalue weighted by Gasteiger charge is -2.38. The van der Waals surface area contributed by atoms with E-state index in [-0.39, 0.29) is 23.1 Å². The van der Waals surface area contributed by atoms with Gasteiger partial charge in [-0.1, -0.05) is 69.5 Å². The van der Waals surface area contributed by atoms with Crippen molar-refractivity contribution in [2.45, 2.75) is 64.7 Å². The van der Waals surface area contributed by atoms with Crippen molar-refractivity contribution in [1.29, 1.82) is 0 Å². The molecule has 5 nitrogen and oxygen atoms in total. The lowest BCUT2D eigenvalue weighted by atomic mass is 9.82. The molecule has 0 spiro atoms. The summed E-state index contributed by atoms with van der Waals surface area (Å²) in [6.07, 6.45) is -3.42. The summed E-state index contributed by atoms with van der Waals surface area (Å²) in [5.41, 5.74) is 3.72. The van der Waals surface area contributed by atoms with Crippen molar-refractivity contribution in [1.82, 2.24) is 0 Å². The number of carbonyl (C=O) groups excluding carboxylic acids is 2. The van der Waals surface area contributed by atoms with Crippen molar-refractivity contribution in [3.05, 3.63) is 89.5 Å². The summed E-state index contributed by atoms with van der Waals surface area (Å²) >= 11 is 0. The molecule has 0 bridgehead atoms. The minimum atomic E-state index is -4.64. The van der Waals surface area contributed by atoms with Gasteiger partial charge < -0.3 is 14.2 Å². The molecule has 1 fully saturated rings. The van der Waals surface area contributed by atoms with E-state index in [9.17, 15) is 22.8 Å². The van der Waals surface area contributed by atoms with E-state index in [4.69, 9.17) is 14.2 Å². The molecule has 1 aliphatic heterocycles. The van der Waals surface area contributed by atoms with Crippen molar-refractivity contribution in [2.24, 2.45) is 5.41 Å². The molecule has 0 aromatic heterocycles. The van der Waals surface area contributed by atoms with Crippen LogP contribution in [0.1, 0.15) is 72.2 Å². The predicted molar refractivity (Wildman–Crippen MR) is 150 cm³/mol. The summed E-state index contributed by atoms with van der Waals surface area (Å²) in [6.45, 7) is 5.75. The molecule has 1 heterocycles. The summed E-state index contributed by atoms with van der Waals surface area (Å²) < 4.78 is 55.5. The molecule has 1 saturated heterocycles. The number of ether oxygens (including phenoxy) is 3. The van der Waals surface area contributed by atoms with Crippen molar-refractivity contribution < 1.29 is 37.0 Å². The van der Waals surface area contributed by atoms with Gasteiger partial charge in [-0.3, -0.25) is 0 Å². The van der Waals surface area contributed by atoms with Gasteiger partial charge in [-0.25, -0.2) is 9.59 Å². The molecule has 218 valence electrons. The van der Waals surface area contributed by atoms with E-state index in [1.54, 1.807) is 12.1 Å². The number of benzene rings is 3. The molecular weight excluding hydrogens is 533 g/mol. The highest BCUT2D eigenvalue weighted by atomic mass is 19.4. The van der Waals surface area contributed by atoms with Crippen LogP contribution in [0.4, 0.5) is 13.2 Å². The molecule has 1 unspecified atom stereocenters. The maximum Gasteiger partial charge on any atom is 0.425 e. The third kappa shape index (κ3) is 8.43. The third-order valence-corrected chi connectivity index (χ3v) is 7.17. The number of hydrogen-bond acceptors (Lipinski definition) is 5. The van der Waals surface area contributed by atoms with Crippen molar-refractivity contribution in [2.75, 3.05) is 13.2 Å². The smallest absolute Gasteiger partial charge is 0.425 e. The monoisotopic (exact) mass is 568 g/mol. The molecule has 1 aliphatic rings. The number of esters is 2. The standard InChI is InChI=1S/C33H35F3O5/c1-3-4-5-6-7-29(33(34,35)36)41-31(38)27-16-18-28(19-17-27)40-30(37)26-14-12-25(13-15-26)24-10-8-23(9-11-24)20-32(2)21-39-22-32/h8-19,29H,3-7,20-22H2,1-2H3. The van der Waals surface area contributed by atoms with Crippen molar-refractivity contribution in [3.63, 3.8) is 0 Å². The summed E-state index contributed by atoms with van der Waals surface area (Å²) in [5, 5.41) is 0. The van der Waals surface area contributed by atoms with Gasteiger partial charge in [0.05, 0.1) is 24.3 Å². The first-order chi connectivity index (χ1) is 19.6. The minimum absolute atomic E-state index is 0.0573. The first-order valence-corrected chi connectivity index (χ1v) is 13.9. The Morgan fingerprint density at radius 1 is 0.829 bits per heavy atom. The van der Waals surface area contributed by atoms with Gasteiger partial charge in [0, 0.05) is 5.41 Å². The molecule has 41 heavy (non-hydrogen) atoms. The lowest BCUT2D eigenvalue weighted by molar-refractivity contribution is -0.206. The zero-order valence-electron chi connectivity index (χ0n) is 23.3. The Morgan fingerprint density at radius 3 is 1.93 bits per heavy atom. The van der Waals surface area contributed by atoms with Crippen LogP contribution in [0.15, 0.2) is 72.8 Å². The normalized spacial score (nSPS) is 15.0. The number of halogens is 3. The highest BCUT2D eigenvalue weighted by Crippen LogP contribution is 2.32. The molecule has 4 rings (SSSR count). The largest absolute Gasteiger partial charge is 0.449 e. The molecular formula is C33H35F3O5. The Kier molecular flexibility index (Phi) is 9.86. The summed E-state index contributed by atoms with van der Waals surface area (Å²) in [6, 6.07) is 20.6. The fourth-order valence-electron chi connectivity index (χ4n) is 4.73. The Balaban J connectivity index is 1.31. The van der Waals surface area contributed by atoms with Crippen LogP contribution in [0.3, 0.4) is 0 Å². The zero-order valence-corrected chi connectivity index (χ0v) is 23.3. The first-order valence-electron chi connectivity index (χ1n) is 13.9. The quantitative estimate of drug-likeness (QED) is 0.125. The average molecular weight is 569 g/mol. The van der Waals surface area contributed by atoms with Gasteiger partial charge in [-0.2, -0.15) is 13.2 Å². The van der Waals surface area contributed by atoms with Gasteiger partial charge in [0.15, 0.2) is 6.10 Å². The van der Waals surface area contributed by atoms with Gasteiger partial charge in [-0.05, 0) is 72.4 Å². The fourth-order valence-corrected chi connectivity index (χ4v) is 4.73. The number of alkyl halides is 3. The molecule has 1 atom stereocenters. The van der Waals surface area contributed by atoms with Gasteiger partial charge in [-0.15, -0.1) is 0 Å². The zero-order chi connectivity index (χ0) is 29.5. The molecule has 0 saturated carbocycles. The minimum Gasteiger partial charge on any atom is -0.449 e. The highest BCUT2D eigenvalue weighted by molar-refractivity contribution is 5.92. The second-order valence-electron chi connectivity index (χ2n) is 11.0. The van der Waals surface area contributed by atoms with Gasteiger partial charge in [0.25, 0.3) is 0 Å². The molecule has 8 heteroatoms. The molecule has 0 N–H and O–H groups in total. The number of rotatable bonds is 12. The van der Waals surface area contributed by atoms with E-state index >= 15 is 0 Å². The Hall–Kier alpha value is -3.65. The molecule has 3 aromatic rings. The number of unbranched alkanes of at least 4 members (excludes halogenated alkanes) is 3. The van der Waals surface area contributed by atoms with Gasteiger partial charge in [0.1, 0.15) is 5.75 Å². The third-order valence-electron chi connectivity index (χ3n) is 7.17. The molecule has 0 radical (unpaired) electrons. The summed E-state index contributed by atoms with van der Waals surface area (Å²) in [4.78, 5) is 25.0. The van der Waals surface area contributed by atoms with Crippen LogP contribution < -0.4 is 4.74 Å². The summed E-state index contributed by atoms with van der Waals surface area (Å²) in [5.74, 6) is -1.51. The average Bonchev–Trinajstić information content (AvgIpc) is 2.94. The van der Waals surface area contributed by atoms with Crippen LogP contribution in [0.25, 0.3) is 11.1 Å². The van der Waals surface area contributed by atoms with Crippen molar-refractivity contribution >= 4 is 11.9 Å². The van der Waals surface area contributed by atoms with Crippen LogP contribution in [-0.4, -0.2) is 37.4 Å². The number of carbonyl (C=O) groups is 2. The van der Waals surface area contributed by atoms with Crippen LogP contribution in [0.2, 0.25) is 0 Å². The van der Waals surface area contributed by atoms with Gasteiger partial charge in [0.2, 0.25) is 0 Å².